The Bertz CT molecular complexity index is 624. The van der Waals surface area contributed by atoms with Crippen molar-refractivity contribution in [1.29, 1.82) is 0 Å². The number of carbonyl (C=O) groups excluding carboxylic acids is 3. The first kappa shape index (κ1) is 25.1. The third-order valence-corrected chi connectivity index (χ3v) is 4.70. The number of rotatable bonds is 10. The summed E-state index contributed by atoms with van der Waals surface area (Å²) < 4.78 is 0. The van der Waals surface area contributed by atoms with Gasteiger partial charge < -0.3 is 15.3 Å². The standard InChI is InChI=1S/C20H35N3O6/c1-7-10-22(16(19(4,5)6)17(25)21-14-8-9-14)18(26)20(27,11-13(2)3)12-15(24)23(28)29/h7,13-14,16,27-29H,1,8-12H2,2-6H3,(H,21,25)/t16?,20-/m1/s1. The summed E-state index contributed by atoms with van der Waals surface area (Å²) in [6, 6.07) is -0.830. The van der Waals surface area contributed by atoms with Gasteiger partial charge >= 0.3 is 0 Å². The van der Waals surface area contributed by atoms with Crippen LogP contribution < -0.4 is 5.32 Å². The maximum atomic E-state index is 13.5. The molecule has 0 saturated heterocycles. The van der Waals surface area contributed by atoms with Crippen LogP contribution in [0.15, 0.2) is 12.7 Å². The molecule has 0 bridgehead atoms. The summed E-state index contributed by atoms with van der Waals surface area (Å²) in [6.45, 7) is 12.6. The lowest BCUT2D eigenvalue weighted by atomic mass is 9.82. The summed E-state index contributed by atoms with van der Waals surface area (Å²) in [5, 5.41) is 31.4. The van der Waals surface area contributed by atoms with Crippen LogP contribution in [0.5, 0.6) is 0 Å². The molecule has 4 N–H and O–H groups in total. The molecule has 0 aromatic carbocycles. The fourth-order valence-electron chi connectivity index (χ4n) is 3.45. The lowest BCUT2D eigenvalue weighted by Crippen LogP contribution is -2.61. The highest BCUT2D eigenvalue weighted by atomic mass is 16.8. The molecule has 29 heavy (non-hydrogen) atoms. The van der Waals surface area contributed by atoms with E-state index in [1.54, 1.807) is 13.8 Å². The minimum atomic E-state index is -2.21. The van der Waals surface area contributed by atoms with E-state index in [0.717, 1.165) is 12.8 Å². The molecule has 0 aromatic heterocycles. The minimum Gasteiger partial charge on any atom is -0.379 e. The first-order chi connectivity index (χ1) is 13.2. The fraction of sp³-hybridized carbons (Fsp3) is 0.750. The molecule has 166 valence electrons. The molecule has 0 aromatic rings. The van der Waals surface area contributed by atoms with Crippen LogP contribution in [0.3, 0.4) is 0 Å². The number of aliphatic hydroxyl groups is 1. The normalized spacial score (nSPS) is 17.3. The number of nitrogens with one attached hydrogen (secondary N) is 1. The van der Waals surface area contributed by atoms with Gasteiger partial charge in [0.25, 0.3) is 11.8 Å². The second-order valence-corrected chi connectivity index (χ2v) is 9.29. The summed E-state index contributed by atoms with van der Waals surface area (Å²) in [7, 11) is 0. The molecule has 0 aliphatic heterocycles. The van der Waals surface area contributed by atoms with Gasteiger partial charge in [-0.3, -0.25) is 24.8 Å². The molecular formula is C20H35N3O6. The molecule has 1 aliphatic rings. The van der Waals surface area contributed by atoms with E-state index in [1.165, 1.54) is 11.0 Å². The molecule has 9 nitrogen and oxygen atoms in total. The van der Waals surface area contributed by atoms with Crippen LogP contribution in [0.4, 0.5) is 0 Å². The summed E-state index contributed by atoms with van der Waals surface area (Å²) in [5.41, 5.74) is -2.87. The average molecular weight is 414 g/mol. The molecule has 1 aliphatic carbocycles. The Morgan fingerprint density at radius 3 is 2.14 bits per heavy atom. The molecule has 9 heteroatoms. The molecule has 1 rings (SSSR count). The average Bonchev–Trinajstić information content (AvgIpc) is 3.35. The van der Waals surface area contributed by atoms with E-state index in [0.29, 0.717) is 0 Å². The smallest absolute Gasteiger partial charge is 0.276 e. The van der Waals surface area contributed by atoms with Crippen LogP contribution in [0.1, 0.15) is 60.3 Å². The first-order valence-corrected chi connectivity index (χ1v) is 9.88. The number of hydrogen-bond donors (Lipinski definition) is 4. The third-order valence-electron chi connectivity index (χ3n) is 4.70. The lowest BCUT2D eigenvalue weighted by molar-refractivity contribution is -0.287. The summed E-state index contributed by atoms with van der Waals surface area (Å²) in [5.74, 6) is -2.57. The number of carbonyl (C=O) groups is 3. The van der Waals surface area contributed by atoms with Crippen molar-refractivity contribution in [3.63, 3.8) is 0 Å². The molecule has 0 spiro atoms. The molecule has 3 amide bonds. The molecule has 0 heterocycles. The lowest BCUT2D eigenvalue weighted by Gasteiger charge is -2.42. The van der Waals surface area contributed by atoms with E-state index in [-0.39, 0.29) is 30.8 Å². The highest BCUT2D eigenvalue weighted by molar-refractivity contribution is 5.94. The quantitative estimate of drug-likeness (QED) is 0.244. The Balaban J connectivity index is 3.32. The predicted octanol–water partition coefficient (Wildman–Crippen LogP) is 1.47. The van der Waals surface area contributed by atoms with E-state index >= 15 is 0 Å². The summed E-state index contributed by atoms with van der Waals surface area (Å²) in [4.78, 5) is 39.5. The SMILES string of the molecule is C=CCN(C(=O)[C@](O)(CC(=O)N(O)O)CC(C)C)C(C(=O)NC1CC1)C(C)(C)C. The Labute approximate surface area is 172 Å². The Hall–Kier alpha value is -1.97. The highest BCUT2D eigenvalue weighted by Gasteiger charge is 2.48. The van der Waals surface area contributed by atoms with Crippen LogP contribution in [-0.4, -0.2) is 67.6 Å². The number of amides is 3. The van der Waals surface area contributed by atoms with E-state index in [9.17, 15) is 19.5 Å². The second kappa shape index (κ2) is 9.69. The van der Waals surface area contributed by atoms with Crippen LogP contribution >= 0.6 is 0 Å². The van der Waals surface area contributed by atoms with Crippen LogP contribution in [0.2, 0.25) is 0 Å². The Morgan fingerprint density at radius 1 is 1.21 bits per heavy atom. The minimum absolute atomic E-state index is 0.0184. The Morgan fingerprint density at radius 2 is 1.76 bits per heavy atom. The van der Waals surface area contributed by atoms with E-state index in [4.69, 9.17) is 10.4 Å². The van der Waals surface area contributed by atoms with Gasteiger partial charge in [0, 0.05) is 12.6 Å². The molecule has 2 atom stereocenters. The zero-order valence-electron chi connectivity index (χ0n) is 18.0. The highest BCUT2D eigenvalue weighted by Crippen LogP contribution is 2.31. The van der Waals surface area contributed by atoms with E-state index < -0.39 is 40.5 Å². The van der Waals surface area contributed by atoms with Crippen LogP contribution in [0.25, 0.3) is 0 Å². The maximum Gasteiger partial charge on any atom is 0.276 e. The number of hydroxylamine groups is 2. The Kier molecular flexibility index (Phi) is 8.37. The van der Waals surface area contributed by atoms with Gasteiger partial charge in [0.05, 0.1) is 6.42 Å². The zero-order chi connectivity index (χ0) is 22.6. The van der Waals surface area contributed by atoms with Crippen molar-refractivity contribution in [2.75, 3.05) is 6.54 Å². The molecule has 0 radical (unpaired) electrons. The van der Waals surface area contributed by atoms with Gasteiger partial charge in [-0.25, -0.2) is 0 Å². The van der Waals surface area contributed by atoms with Gasteiger partial charge in [0.2, 0.25) is 5.91 Å². The van der Waals surface area contributed by atoms with Gasteiger partial charge in [-0.15, -0.1) is 6.58 Å². The third kappa shape index (κ3) is 7.09. The molecular weight excluding hydrogens is 378 g/mol. The van der Waals surface area contributed by atoms with Crippen molar-refractivity contribution >= 4 is 17.7 Å². The van der Waals surface area contributed by atoms with Crippen molar-refractivity contribution in [2.45, 2.75) is 78.0 Å². The molecule has 1 saturated carbocycles. The van der Waals surface area contributed by atoms with Gasteiger partial charge in [-0.1, -0.05) is 45.9 Å². The van der Waals surface area contributed by atoms with Gasteiger partial charge in [-0.05, 0) is 30.6 Å². The fourth-order valence-corrected chi connectivity index (χ4v) is 3.45. The van der Waals surface area contributed by atoms with Crippen molar-refractivity contribution in [2.24, 2.45) is 11.3 Å². The monoisotopic (exact) mass is 413 g/mol. The molecule has 1 unspecified atom stereocenters. The van der Waals surface area contributed by atoms with Crippen molar-refractivity contribution < 1.29 is 29.9 Å². The van der Waals surface area contributed by atoms with Crippen molar-refractivity contribution in [1.82, 2.24) is 15.4 Å². The summed E-state index contributed by atoms with van der Waals surface area (Å²) in [6.07, 6.45) is 2.29. The first-order valence-electron chi connectivity index (χ1n) is 9.88. The predicted molar refractivity (Wildman–Crippen MR) is 106 cm³/mol. The van der Waals surface area contributed by atoms with Crippen LogP contribution in [-0.2, 0) is 14.4 Å². The number of hydrogen-bond acceptors (Lipinski definition) is 6. The van der Waals surface area contributed by atoms with Gasteiger partial charge in [-0.2, -0.15) is 0 Å². The van der Waals surface area contributed by atoms with Crippen molar-refractivity contribution in [3.8, 4) is 0 Å². The summed E-state index contributed by atoms with van der Waals surface area (Å²) >= 11 is 0. The van der Waals surface area contributed by atoms with Crippen molar-refractivity contribution in [3.05, 3.63) is 12.7 Å². The molecule has 1 fully saturated rings. The van der Waals surface area contributed by atoms with Gasteiger partial charge in [0.1, 0.15) is 6.04 Å². The van der Waals surface area contributed by atoms with Crippen LogP contribution in [0, 0.1) is 11.3 Å². The maximum absolute atomic E-state index is 13.5. The zero-order valence-corrected chi connectivity index (χ0v) is 18.0. The van der Waals surface area contributed by atoms with E-state index in [2.05, 4.69) is 11.9 Å². The van der Waals surface area contributed by atoms with Gasteiger partial charge in [0.15, 0.2) is 5.60 Å². The second-order valence-electron chi connectivity index (χ2n) is 9.29. The largest absolute Gasteiger partial charge is 0.379 e. The number of nitrogens with zero attached hydrogens (tertiary/aromatic N) is 2. The topological polar surface area (TPSA) is 130 Å². The van der Waals surface area contributed by atoms with E-state index in [1.807, 2.05) is 20.8 Å².